The van der Waals surface area contributed by atoms with Gasteiger partial charge in [-0.25, -0.2) is 9.97 Å². The molecule has 0 spiro atoms. The molecular formula is C18H18N4O2S. The molecule has 0 saturated carbocycles. The Labute approximate surface area is 150 Å². The molecule has 2 aromatic heterocycles. The van der Waals surface area contributed by atoms with Crippen molar-refractivity contribution in [1.82, 2.24) is 9.97 Å². The number of hydrogen-bond acceptors (Lipinski definition) is 7. The van der Waals surface area contributed by atoms with E-state index in [1.54, 1.807) is 30.8 Å². The van der Waals surface area contributed by atoms with Gasteiger partial charge in [-0.1, -0.05) is 12.1 Å². The van der Waals surface area contributed by atoms with Gasteiger partial charge in [0, 0.05) is 31.4 Å². The molecule has 7 heteroatoms. The maximum atomic E-state index is 10.7. The van der Waals surface area contributed by atoms with Crippen LogP contribution in [0.2, 0.25) is 0 Å². The summed E-state index contributed by atoms with van der Waals surface area (Å²) in [6, 6.07) is 9.83. The molecule has 1 unspecified atom stereocenters. The van der Waals surface area contributed by atoms with Crippen molar-refractivity contribution in [2.24, 2.45) is 0 Å². The number of methoxy groups -OCH3 is 1. The second-order valence-electron chi connectivity index (χ2n) is 5.77. The smallest absolute Gasteiger partial charge is 0.178 e. The number of nitrogens with zero attached hydrogens (tertiary/aromatic N) is 4. The number of benzene rings is 1. The number of ether oxygens (including phenoxy) is 1. The van der Waals surface area contributed by atoms with Gasteiger partial charge < -0.3 is 14.7 Å². The third-order valence-corrected chi connectivity index (χ3v) is 5.20. The molecular weight excluding hydrogens is 336 g/mol. The third kappa shape index (κ3) is 2.66. The summed E-state index contributed by atoms with van der Waals surface area (Å²) < 4.78 is 5.38. The summed E-state index contributed by atoms with van der Waals surface area (Å²) in [4.78, 5) is 13.8. The van der Waals surface area contributed by atoms with Crippen LogP contribution in [0.4, 0.5) is 23.0 Å². The minimum atomic E-state index is -0.650. The molecule has 0 amide bonds. The minimum Gasteiger partial charge on any atom is -0.383 e. The van der Waals surface area contributed by atoms with Gasteiger partial charge >= 0.3 is 0 Å². The van der Waals surface area contributed by atoms with Crippen LogP contribution in [-0.4, -0.2) is 36.0 Å². The van der Waals surface area contributed by atoms with E-state index in [9.17, 15) is 5.11 Å². The highest BCUT2D eigenvalue weighted by Crippen LogP contribution is 2.45. The maximum absolute atomic E-state index is 10.7. The van der Waals surface area contributed by atoms with E-state index in [1.165, 1.54) is 0 Å². The Morgan fingerprint density at radius 1 is 1.16 bits per heavy atom. The lowest BCUT2D eigenvalue weighted by atomic mass is 10.0. The SMILES string of the molecule is COCN1c2cc(C(O)c3cccs3)ccc2N(C)c2nccnc21. The zero-order chi connectivity index (χ0) is 17.4. The van der Waals surface area contributed by atoms with Crippen LogP contribution in [-0.2, 0) is 4.74 Å². The first-order valence-corrected chi connectivity index (χ1v) is 8.75. The lowest BCUT2D eigenvalue weighted by Gasteiger charge is -2.36. The summed E-state index contributed by atoms with van der Waals surface area (Å²) >= 11 is 1.54. The predicted octanol–water partition coefficient (Wildman–Crippen LogP) is 3.44. The number of aliphatic hydroxyl groups excluding tert-OH is 1. The van der Waals surface area contributed by atoms with Crippen molar-refractivity contribution in [3.05, 3.63) is 58.5 Å². The van der Waals surface area contributed by atoms with Crippen molar-refractivity contribution < 1.29 is 9.84 Å². The zero-order valence-electron chi connectivity index (χ0n) is 14.0. The average Bonchev–Trinajstić information content (AvgIpc) is 3.19. The van der Waals surface area contributed by atoms with E-state index in [0.29, 0.717) is 6.73 Å². The molecule has 0 fully saturated rings. The van der Waals surface area contributed by atoms with Crippen LogP contribution >= 0.6 is 11.3 Å². The van der Waals surface area contributed by atoms with Crippen LogP contribution in [0, 0.1) is 0 Å². The Hall–Kier alpha value is -2.48. The minimum absolute atomic E-state index is 0.352. The molecule has 1 aliphatic heterocycles. The van der Waals surface area contributed by atoms with E-state index < -0.39 is 6.10 Å². The first-order chi connectivity index (χ1) is 12.2. The second kappa shape index (κ2) is 6.44. The molecule has 6 nitrogen and oxygen atoms in total. The first-order valence-electron chi connectivity index (χ1n) is 7.87. The van der Waals surface area contributed by atoms with Crippen LogP contribution in [0.3, 0.4) is 0 Å². The zero-order valence-corrected chi connectivity index (χ0v) is 14.8. The maximum Gasteiger partial charge on any atom is 0.178 e. The Morgan fingerprint density at radius 2 is 1.96 bits per heavy atom. The number of hydrogen-bond donors (Lipinski definition) is 1. The summed E-state index contributed by atoms with van der Waals surface area (Å²) in [5.74, 6) is 1.51. The molecule has 1 N–H and O–H groups in total. The van der Waals surface area contributed by atoms with E-state index in [4.69, 9.17) is 4.74 Å². The molecule has 128 valence electrons. The fourth-order valence-electron chi connectivity index (χ4n) is 3.06. The largest absolute Gasteiger partial charge is 0.383 e. The van der Waals surface area contributed by atoms with Gasteiger partial charge in [0.15, 0.2) is 11.6 Å². The van der Waals surface area contributed by atoms with Crippen LogP contribution < -0.4 is 9.80 Å². The van der Waals surface area contributed by atoms with Gasteiger partial charge in [0.1, 0.15) is 12.8 Å². The van der Waals surface area contributed by atoms with Crippen molar-refractivity contribution in [3.8, 4) is 0 Å². The van der Waals surface area contributed by atoms with E-state index in [0.717, 1.165) is 33.5 Å². The highest BCUT2D eigenvalue weighted by Gasteiger charge is 2.29. The Balaban J connectivity index is 1.82. The molecule has 1 aromatic carbocycles. The number of rotatable bonds is 4. The monoisotopic (exact) mass is 354 g/mol. The van der Waals surface area contributed by atoms with E-state index in [-0.39, 0.29) is 0 Å². The number of fused-ring (bicyclic) bond motifs is 2. The van der Waals surface area contributed by atoms with Crippen molar-refractivity contribution in [2.75, 3.05) is 30.7 Å². The first kappa shape index (κ1) is 16.0. The fourth-order valence-corrected chi connectivity index (χ4v) is 3.80. The normalized spacial score (nSPS) is 14.2. The van der Waals surface area contributed by atoms with E-state index >= 15 is 0 Å². The Morgan fingerprint density at radius 3 is 2.68 bits per heavy atom. The van der Waals surface area contributed by atoms with Crippen LogP contribution in [0.15, 0.2) is 48.1 Å². The average molecular weight is 354 g/mol. The van der Waals surface area contributed by atoms with Crippen molar-refractivity contribution in [1.29, 1.82) is 0 Å². The van der Waals surface area contributed by atoms with Crippen molar-refractivity contribution in [2.45, 2.75) is 6.10 Å². The molecule has 1 aliphatic rings. The standard InChI is InChI=1S/C18H18N4O2S/c1-21-13-6-5-12(16(23)15-4-3-9-25-15)10-14(13)22(11-24-2)18-17(21)19-7-8-20-18/h3-10,16,23H,11H2,1-2H3. The molecule has 25 heavy (non-hydrogen) atoms. The lowest BCUT2D eigenvalue weighted by molar-refractivity contribution is 0.205. The van der Waals surface area contributed by atoms with Gasteiger partial charge in [0.25, 0.3) is 0 Å². The molecule has 3 aromatic rings. The number of aromatic nitrogens is 2. The molecule has 4 rings (SSSR count). The van der Waals surface area contributed by atoms with Gasteiger partial charge in [-0.2, -0.15) is 0 Å². The van der Waals surface area contributed by atoms with Gasteiger partial charge in [0.2, 0.25) is 0 Å². The van der Waals surface area contributed by atoms with Gasteiger partial charge in [-0.15, -0.1) is 11.3 Å². The number of aliphatic hydroxyl groups is 1. The molecule has 0 aliphatic carbocycles. The molecule has 0 saturated heterocycles. The van der Waals surface area contributed by atoms with Crippen LogP contribution in [0.1, 0.15) is 16.5 Å². The molecule has 0 radical (unpaired) electrons. The van der Waals surface area contributed by atoms with Gasteiger partial charge in [-0.05, 0) is 29.1 Å². The summed E-state index contributed by atoms with van der Waals surface area (Å²) in [6.07, 6.45) is 2.70. The second-order valence-corrected chi connectivity index (χ2v) is 6.75. The summed E-state index contributed by atoms with van der Waals surface area (Å²) in [7, 11) is 3.62. The number of thiophene rings is 1. The summed E-state index contributed by atoms with van der Waals surface area (Å²) in [6.45, 7) is 0.352. The Bertz CT molecular complexity index is 885. The highest BCUT2D eigenvalue weighted by atomic mass is 32.1. The quantitative estimate of drug-likeness (QED) is 0.774. The topological polar surface area (TPSA) is 61.7 Å². The summed E-state index contributed by atoms with van der Waals surface area (Å²) in [5, 5.41) is 12.6. The lowest BCUT2D eigenvalue weighted by Crippen LogP contribution is -2.30. The van der Waals surface area contributed by atoms with E-state index in [1.807, 2.05) is 52.6 Å². The van der Waals surface area contributed by atoms with Crippen LogP contribution in [0.25, 0.3) is 0 Å². The van der Waals surface area contributed by atoms with Crippen molar-refractivity contribution >= 4 is 34.3 Å². The molecule has 3 heterocycles. The predicted molar refractivity (Wildman–Crippen MR) is 98.9 cm³/mol. The van der Waals surface area contributed by atoms with Crippen LogP contribution in [0.5, 0.6) is 0 Å². The molecule has 1 atom stereocenters. The highest BCUT2D eigenvalue weighted by molar-refractivity contribution is 7.10. The van der Waals surface area contributed by atoms with Gasteiger partial charge in [0.05, 0.1) is 11.4 Å². The number of anilines is 4. The van der Waals surface area contributed by atoms with E-state index in [2.05, 4.69) is 9.97 Å². The van der Waals surface area contributed by atoms with Crippen molar-refractivity contribution in [3.63, 3.8) is 0 Å². The van der Waals surface area contributed by atoms with Gasteiger partial charge in [-0.3, -0.25) is 4.90 Å². The summed E-state index contributed by atoms with van der Waals surface area (Å²) in [5.41, 5.74) is 2.76. The third-order valence-electron chi connectivity index (χ3n) is 4.27. The fraction of sp³-hybridized carbons (Fsp3) is 0.222. The molecule has 0 bridgehead atoms. The Kier molecular flexibility index (Phi) is 4.12.